The van der Waals surface area contributed by atoms with Gasteiger partial charge in [0.2, 0.25) is 0 Å². The van der Waals surface area contributed by atoms with E-state index in [0.29, 0.717) is 11.7 Å². The Morgan fingerprint density at radius 2 is 1.91 bits per heavy atom. The zero-order valence-electron chi connectivity index (χ0n) is 11.9. The maximum atomic E-state index is 13.8. The number of carbonyl (C=O) groups excluding carboxylic acids is 2. The minimum atomic E-state index is -0.899. The van der Waals surface area contributed by atoms with Gasteiger partial charge in [-0.25, -0.2) is 13.6 Å². The van der Waals surface area contributed by atoms with E-state index < -0.39 is 23.6 Å². The molecule has 0 aromatic heterocycles. The van der Waals surface area contributed by atoms with Gasteiger partial charge in [0.25, 0.3) is 5.91 Å². The average Bonchev–Trinajstić information content (AvgIpc) is 2.89. The van der Waals surface area contributed by atoms with Crippen LogP contribution >= 0.6 is 11.8 Å². The number of urea groups is 1. The molecule has 1 aromatic rings. The van der Waals surface area contributed by atoms with Gasteiger partial charge < -0.3 is 4.90 Å². The molecule has 0 unspecified atom stereocenters. The summed E-state index contributed by atoms with van der Waals surface area (Å²) in [5.41, 5.74) is -0.533. The Hall–Kier alpha value is -2.16. The van der Waals surface area contributed by atoms with E-state index in [9.17, 15) is 18.4 Å². The van der Waals surface area contributed by atoms with Gasteiger partial charge in [0.1, 0.15) is 17.3 Å². The molecule has 2 N–H and O–H groups in total. The zero-order valence-corrected chi connectivity index (χ0v) is 12.8. The number of hydrogen-bond donors (Lipinski definition) is 2. The number of thioether (sulfide) groups is 1. The predicted octanol–water partition coefficient (Wildman–Crippen LogP) is 1.57. The number of hydrogen-bond acceptors (Lipinski definition) is 5. The van der Waals surface area contributed by atoms with Crippen molar-refractivity contribution >= 4 is 34.6 Å². The molecule has 9 heteroatoms. The van der Waals surface area contributed by atoms with E-state index in [1.165, 1.54) is 30.8 Å². The Morgan fingerprint density at radius 1 is 1.27 bits per heavy atom. The number of nitrogens with zero attached hydrogens (tertiary/aromatic N) is 2. The molecule has 1 aromatic carbocycles. The van der Waals surface area contributed by atoms with Crippen molar-refractivity contribution in [1.29, 1.82) is 0 Å². The zero-order chi connectivity index (χ0) is 16.3. The number of nitrogens with one attached hydrogen (secondary N) is 2. The first-order valence-electron chi connectivity index (χ1n) is 6.34. The van der Waals surface area contributed by atoms with Gasteiger partial charge in [-0.15, -0.1) is 0 Å². The maximum absolute atomic E-state index is 13.8. The second kappa shape index (κ2) is 6.73. The van der Waals surface area contributed by atoms with Gasteiger partial charge in [0.15, 0.2) is 5.17 Å². The average molecular weight is 328 g/mol. The normalized spacial score (nSPS) is 13.5. The highest BCUT2D eigenvalue weighted by Crippen LogP contribution is 2.23. The van der Waals surface area contributed by atoms with Crippen molar-refractivity contribution in [2.75, 3.05) is 31.3 Å². The first kappa shape index (κ1) is 16.2. The Kier molecular flexibility index (Phi) is 4.96. The van der Waals surface area contributed by atoms with Gasteiger partial charge in [-0.05, 0) is 12.1 Å². The quantitative estimate of drug-likeness (QED) is 0.864. The third-order valence-corrected chi connectivity index (χ3v) is 3.65. The lowest BCUT2D eigenvalue weighted by atomic mass is 10.1. The van der Waals surface area contributed by atoms with Crippen LogP contribution in [0.4, 0.5) is 19.3 Å². The first-order valence-corrected chi connectivity index (χ1v) is 7.33. The molecule has 0 spiro atoms. The Labute approximate surface area is 130 Å². The van der Waals surface area contributed by atoms with Crippen molar-refractivity contribution in [3.05, 3.63) is 29.3 Å². The van der Waals surface area contributed by atoms with Crippen LogP contribution in [0.2, 0.25) is 0 Å². The van der Waals surface area contributed by atoms with Crippen LogP contribution in [0, 0.1) is 11.6 Å². The predicted molar refractivity (Wildman–Crippen MR) is 81.4 cm³/mol. The molecule has 118 valence electrons. The van der Waals surface area contributed by atoms with Crippen LogP contribution in [-0.4, -0.2) is 43.5 Å². The van der Waals surface area contributed by atoms with Crippen molar-refractivity contribution in [2.45, 2.75) is 0 Å². The molecule has 1 aliphatic rings. The number of carbonyl (C=O) groups is 2. The molecule has 0 atom stereocenters. The fourth-order valence-corrected chi connectivity index (χ4v) is 2.56. The van der Waals surface area contributed by atoms with E-state index in [2.05, 4.69) is 10.3 Å². The van der Waals surface area contributed by atoms with Crippen molar-refractivity contribution in [3.8, 4) is 0 Å². The summed E-state index contributed by atoms with van der Waals surface area (Å²) in [5.74, 6) is -1.91. The van der Waals surface area contributed by atoms with Gasteiger partial charge >= 0.3 is 6.03 Å². The van der Waals surface area contributed by atoms with Crippen LogP contribution in [0.15, 0.2) is 17.1 Å². The molecule has 1 aliphatic heterocycles. The molecule has 0 aliphatic carbocycles. The third kappa shape index (κ3) is 3.73. The van der Waals surface area contributed by atoms with E-state index in [4.69, 9.17) is 0 Å². The van der Waals surface area contributed by atoms with E-state index in [0.717, 1.165) is 17.9 Å². The van der Waals surface area contributed by atoms with E-state index in [1.807, 2.05) is 5.32 Å². The molecular weight excluding hydrogens is 314 g/mol. The number of anilines is 1. The number of aliphatic imine (C=N–C) groups is 1. The van der Waals surface area contributed by atoms with Gasteiger partial charge in [0, 0.05) is 25.4 Å². The highest BCUT2D eigenvalue weighted by molar-refractivity contribution is 8.14. The SMILES string of the molecule is CN(C)c1c(F)cc(C(=O)NC(=O)NC2=NCCS2)cc1F. The number of amides is 3. The largest absolute Gasteiger partial charge is 0.373 e. The lowest BCUT2D eigenvalue weighted by molar-refractivity contribution is 0.0964. The minimum Gasteiger partial charge on any atom is -0.373 e. The molecule has 0 fully saturated rings. The molecule has 3 amide bonds. The summed E-state index contributed by atoms with van der Waals surface area (Å²) in [6.45, 7) is 0.594. The standard InChI is InChI=1S/C13H14F2N4O2S/c1-19(2)10-8(14)5-7(6-9(10)15)11(20)17-12(21)18-13-16-3-4-22-13/h5-6H,3-4H2,1-2H3,(H2,16,17,18,20,21). The fourth-order valence-electron chi connectivity index (χ4n) is 1.84. The molecule has 0 saturated heterocycles. The lowest BCUT2D eigenvalue weighted by Gasteiger charge is -2.15. The summed E-state index contributed by atoms with van der Waals surface area (Å²) in [6, 6.07) is 0.960. The number of rotatable bonds is 2. The summed E-state index contributed by atoms with van der Waals surface area (Å²) >= 11 is 1.34. The fraction of sp³-hybridized carbons (Fsp3) is 0.308. The van der Waals surface area contributed by atoms with Gasteiger partial charge in [-0.1, -0.05) is 11.8 Å². The second-order valence-corrected chi connectivity index (χ2v) is 5.71. The van der Waals surface area contributed by atoms with E-state index in [1.54, 1.807) is 0 Å². The summed E-state index contributed by atoms with van der Waals surface area (Å²) in [7, 11) is 2.96. The van der Waals surface area contributed by atoms with E-state index in [-0.39, 0.29) is 11.3 Å². The van der Waals surface area contributed by atoms with Crippen LogP contribution in [0.3, 0.4) is 0 Å². The van der Waals surface area contributed by atoms with Crippen LogP contribution in [0.5, 0.6) is 0 Å². The van der Waals surface area contributed by atoms with Crippen LogP contribution in [0.25, 0.3) is 0 Å². The number of halogens is 2. The Balaban J connectivity index is 2.08. The number of benzene rings is 1. The first-order chi connectivity index (χ1) is 10.4. The lowest BCUT2D eigenvalue weighted by Crippen LogP contribution is -2.41. The highest BCUT2D eigenvalue weighted by Gasteiger charge is 2.19. The molecule has 1 heterocycles. The molecule has 0 radical (unpaired) electrons. The Bertz CT molecular complexity index is 626. The molecule has 22 heavy (non-hydrogen) atoms. The third-order valence-electron chi connectivity index (χ3n) is 2.76. The topological polar surface area (TPSA) is 73.8 Å². The summed E-state index contributed by atoms with van der Waals surface area (Å²) in [6.07, 6.45) is 0. The second-order valence-electron chi connectivity index (χ2n) is 4.63. The monoisotopic (exact) mass is 328 g/mol. The Morgan fingerprint density at radius 3 is 2.41 bits per heavy atom. The summed E-state index contributed by atoms with van der Waals surface area (Å²) < 4.78 is 27.6. The minimum absolute atomic E-state index is 0.252. The van der Waals surface area contributed by atoms with Crippen molar-refractivity contribution in [3.63, 3.8) is 0 Å². The van der Waals surface area contributed by atoms with Crippen LogP contribution in [-0.2, 0) is 0 Å². The van der Waals surface area contributed by atoms with Crippen LogP contribution < -0.4 is 15.5 Å². The number of amidine groups is 1. The smallest absolute Gasteiger partial charge is 0.327 e. The van der Waals surface area contributed by atoms with Gasteiger partial charge in [0.05, 0.1) is 6.54 Å². The van der Waals surface area contributed by atoms with E-state index >= 15 is 0 Å². The molecule has 2 rings (SSSR count). The summed E-state index contributed by atoms with van der Waals surface area (Å²) in [4.78, 5) is 28.7. The number of imide groups is 1. The molecule has 0 bridgehead atoms. The molecular formula is C13H14F2N4O2S. The maximum Gasteiger partial charge on any atom is 0.327 e. The highest BCUT2D eigenvalue weighted by atomic mass is 32.2. The molecule has 0 saturated carbocycles. The van der Waals surface area contributed by atoms with Gasteiger partial charge in [-0.3, -0.25) is 20.4 Å². The van der Waals surface area contributed by atoms with Crippen LogP contribution in [0.1, 0.15) is 10.4 Å². The van der Waals surface area contributed by atoms with Crippen molar-refractivity contribution in [2.24, 2.45) is 4.99 Å². The van der Waals surface area contributed by atoms with Crippen molar-refractivity contribution in [1.82, 2.24) is 10.6 Å². The molecule has 6 nitrogen and oxygen atoms in total. The van der Waals surface area contributed by atoms with Crippen molar-refractivity contribution < 1.29 is 18.4 Å². The summed E-state index contributed by atoms with van der Waals surface area (Å²) in [5, 5.41) is 4.79. The van der Waals surface area contributed by atoms with Gasteiger partial charge in [-0.2, -0.15) is 0 Å².